The van der Waals surface area contributed by atoms with Gasteiger partial charge in [-0.15, -0.1) is 11.3 Å². The summed E-state index contributed by atoms with van der Waals surface area (Å²) >= 11 is 1.37. The molecule has 2 rings (SSSR count). The molecule has 1 unspecified atom stereocenters. The molecule has 1 aliphatic heterocycles. The molecule has 1 aliphatic rings. The Morgan fingerprint density at radius 3 is 3.06 bits per heavy atom. The number of carboxylic acids is 1. The first-order valence-corrected chi connectivity index (χ1v) is 6.95. The summed E-state index contributed by atoms with van der Waals surface area (Å²) in [7, 11) is 1.74. The lowest BCUT2D eigenvalue weighted by molar-refractivity contribution is 0.0702. The Hall–Kier alpha value is -0.910. The molecule has 100 valence electrons. The van der Waals surface area contributed by atoms with Gasteiger partial charge in [-0.2, -0.15) is 0 Å². The zero-order valence-corrected chi connectivity index (χ0v) is 11.6. The van der Waals surface area contributed by atoms with Gasteiger partial charge in [0.15, 0.2) is 0 Å². The molecule has 1 aromatic heterocycles. The number of methoxy groups -OCH3 is 1. The van der Waals surface area contributed by atoms with E-state index in [2.05, 4.69) is 4.90 Å². The number of hydrogen-bond acceptors (Lipinski definition) is 4. The average molecular weight is 269 g/mol. The van der Waals surface area contributed by atoms with E-state index >= 15 is 0 Å². The van der Waals surface area contributed by atoms with Gasteiger partial charge < -0.3 is 9.84 Å². The second-order valence-electron chi connectivity index (χ2n) is 4.84. The van der Waals surface area contributed by atoms with Crippen molar-refractivity contribution in [3.05, 3.63) is 21.4 Å². The lowest BCUT2D eigenvalue weighted by Gasteiger charge is -2.15. The quantitative estimate of drug-likeness (QED) is 0.890. The van der Waals surface area contributed by atoms with E-state index in [4.69, 9.17) is 9.84 Å². The largest absolute Gasteiger partial charge is 0.477 e. The van der Waals surface area contributed by atoms with Crippen molar-refractivity contribution in [3.63, 3.8) is 0 Å². The Morgan fingerprint density at radius 1 is 1.67 bits per heavy atom. The topological polar surface area (TPSA) is 49.8 Å². The predicted molar refractivity (Wildman–Crippen MR) is 71.3 cm³/mol. The van der Waals surface area contributed by atoms with Gasteiger partial charge in [0.2, 0.25) is 0 Å². The number of likely N-dealkylation sites (tertiary alicyclic amines) is 1. The van der Waals surface area contributed by atoms with Crippen molar-refractivity contribution >= 4 is 17.3 Å². The molecule has 1 saturated heterocycles. The molecule has 0 aliphatic carbocycles. The number of ether oxygens (including phenoxy) is 1. The van der Waals surface area contributed by atoms with E-state index in [0.717, 1.165) is 36.7 Å². The summed E-state index contributed by atoms with van der Waals surface area (Å²) in [5.74, 6) is -0.207. The molecule has 0 aromatic carbocycles. The average Bonchev–Trinajstić information content (AvgIpc) is 2.88. The van der Waals surface area contributed by atoms with Crippen molar-refractivity contribution < 1.29 is 14.6 Å². The van der Waals surface area contributed by atoms with E-state index < -0.39 is 5.97 Å². The molecule has 1 aromatic rings. The van der Waals surface area contributed by atoms with Crippen LogP contribution < -0.4 is 0 Å². The molecule has 0 saturated carbocycles. The summed E-state index contributed by atoms with van der Waals surface area (Å²) < 4.78 is 5.18. The first-order valence-electron chi connectivity index (χ1n) is 6.14. The zero-order chi connectivity index (χ0) is 13.1. The molecule has 4 nitrogen and oxygen atoms in total. The van der Waals surface area contributed by atoms with E-state index in [1.165, 1.54) is 17.8 Å². The summed E-state index contributed by atoms with van der Waals surface area (Å²) in [6, 6.07) is 1.81. The van der Waals surface area contributed by atoms with Crippen molar-refractivity contribution in [2.75, 3.05) is 26.8 Å². The van der Waals surface area contributed by atoms with Gasteiger partial charge in [0.1, 0.15) is 4.88 Å². The van der Waals surface area contributed by atoms with Crippen LogP contribution in [-0.4, -0.2) is 42.8 Å². The highest BCUT2D eigenvalue weighted by atomic mass is 32.1. The minimum atomic E-state index is -0.826. The maximum atomic E-state index is 10.9. The van der Waals surface area contributed by atoms with Gasteiger partial charge in [-0.1, -0.05) is 0 Å². The third kappa shape index (κ3) is 3.10. The van der Waals surface area contributed by atoms with Gasteiger partial charge in [-0.05, 0) is 37.4 Å². The highest BCUT2D eigenvalue weighted by Gasteiger charge is 2.23. The number of thiophene rings is 1. The molecule has 0 amide bonds. The fourth-order valence-electron chi connectivity index (χ4n) is 2.45. The molecule has 0 radical (unpaired) electrons. The molecule has 1 atom stereocenters. The van der Waals surface area contributed by atoms with Crippen LogP contribution in [0.3, 0.4) is 0 Å². The van der Waals surface area contributed by atoms with E-state index in [1.54, 1.807) is 7.11 Å². The minimum absolute atomic E-state index is 0.440. The number of rotatable bonds is 5. The van der Waals surface area contributed by atoms with Crippen molar-refractivity contribution in [2.45, 2.75) is 19.9 Å². The van der Waals surface area contributed by atoms with Gasteiger partial charge in [-0.3, -0.25) is 4.90 Å². The van der Waals surface area contributed by atoms with E-state index in [9.17, 15) is 4.79 Å². The number of aromatic carboxylic acids is 1. The SMILES string of the molecule is COCC1CCN(Cc2cc(C(=O)O)sc2C)C1. The number of aryl methyl sites for hydroxylation is 1. The fraction of sp³-hybridized carbons (Fsp3) is 0.615. The van der Waals surface area contributed by atoms with E-state index in [0.29, 0.717) is 10.8 Å². The molecular weight excluding hydrogens is 250 g/mol. The third-order valence-corrected chi connectivity index (χ3v) is 4.48. The number of nitrogens with zero attached hydrogens (tertiary/aromatic N) is 1. The molecule has 18 heavy (non-hydrogen) atoms. The van der Waals surface area contributed by atoms with Crippen LogP contribution in [0.15, 0.2) is 6.07 Å². The smallest absolute Gasteiger partial charge is 0.345 e. The highest BCUT2D eigenvalue weighted by molar-refractivity contribution is 7.14. The molecule has 1 N–H and O–H groups in total. The summed E-state index contributed by atoms with van der Waals surface area (Å²) in [5.41, 5.74) is 1.15. The van der Waals surface area contributed by atoms with Crippen LogP contribution in [0.25, 0.3) is 0 Å². The molecular formula is C13H19NO3S. The normalized spacial score (nSPS) is 20.4. The molecule has 5 heteroatoms. The van der Waals surface area contributed by atoms with Gasteiger partial charge >= 0.3 is 5.97 Å². The van der Waals surface area contributed by atoms with Crippen LogP contribution >= 0.6 is 11.3 Å². The van der Waals surface area contributed by atoms with E-state index in [1.807, 2.05) is 13.0 Å². The molecule has 2 heterocycles. The summed E-state index contributed by atoms with van der Waals surface area (Å²) in [6.07, 6.45) is 1.17. The maximum Gasteiger partial charge on any atom is 0.345 e. The van der Waals surface area contributed by atoms with Crippen LogP contribution in [0.5, 0.6) is 0 Å². The van der Waals surface area contributed by atoms with Crippen LogP contribution in [0, 0.1) is 12.8 Å². The van der Waals surface area contributed by atoms with Crippen LogP contribution in [0.2, 0.25) is 0 Å². The predicted octanol–water partition coefficient (Wildman–Crippen LogP) is 2.22. The van der Waals surface area contributed by atoms with Crippen molar-refractivity contribution in [1.82, 2.24) is 4.90 Å². The second kappa shape index (κ2) is 5.82. The standard InChI is InChI=1S/C13H19NO3S/c1-9-11(5-12(18-9)13(15)16)7-14-4-3-10(6-14)8-17-2/h5,10H,3-4,6-8H2,1-2H3,(H,15,16). The number of carboxylic acid groups (broad SMARTS) is 1. The first kappa shape index (κ1) is 13.5. The van der Waals surface area contributed by atoms with E-state index in [-0.39, 0.29) is 0 Å². The monoisotopic (exact) mass is 269 g/mol. The third-order valence-electron chi connectivity index (χ3n) is 3.40. The second-order valence-corrected chi connectivity index (χ2v) is 6.10. The molecule has 1 fully saturated rings. The van der Waals surface area contributed by atoms with Gasteiger partial charge in [-0.25, -0.2) is 4.79 Å². The molecule has 0 bridgehead atoms. The van der Waals surface area contributed by atoms with Crippen molar-refractivity contribution in [3.8, 4) is 0 Å². The van der Waals surface area contributed by atoms with Crippen LogP contribution in [-0.2, 0) is 11.3 Å². The van der Waals surface area contributed by atoms with Crippen molar-refractivity contribution in [1.29, 1.82) is 0 Å². The molecule has 0 spiro atoms. The van der Waals surface area contributed by atoms with Crippen LogP contribution in [0.1, 0.15) is 26.5 Å². The van der Waals surface area contributed by atoms with Gasteiger partial charge in [0.25, 0.3) is 0 Å². The Bertz CT molecular complexity index is 430. The number of carbonyl (C=O) groups is 1. The Morgan fingerprint density at radius 2 is 2.44 bits per heavy atom. The Labute approximate surface area is 111 Å². The highest BCUT2D eigenvalue weighted by Crippen LogP contribution is 2.25. The Kier molecular flexibility index (Phi) is 4.37. The fourth-order valence-corrected chi connectivity index (χ4v) is 3.32. The summed E-state index contributed by atoms with van der Waals surface area (Å²) in [5, 5.41) is 8.98. The van der Waals surface area contributed by atoms with Crippen LogP contribution in [0.4, 0.5) is 0 Å². The first-order chi connectivity index (χ1) is 8.60. The Balaban J connectivity index is 1.96. The number of hydrogen-bond donors (Lipinski definition) is 1. The van der Waals surface area contributed by atoms with Gasteiger partial charge in [0.05, 0.1) is 6.61 Å². The summed E-state index contributed by atoms with van der Waals surface area (Å²) in [6.45, 7) is 5.79. The summed E-state index contributed by atoms with van der Waals surface area (Å²) in [4.78, 5) is 14.9. The van der Waals surface area contributed by atoms with Gasteiger partial charge in [0, 0.05) is 25.1 Å². The minimum Gasteiger partial charge on any atom is -0.477 e. The lowest BCUT2D eigenvalue weighted by Crippen LogP contribution is -2.21. The zero-order valence-electron chi connectivity index (χ0n) is 10.8. The van der Waals surface area contributed by atoms with Crippen molar-refractivity contribution in [2.24, 2.45) is 5.92 Å². The maximum absolute atomic E-state index is 10.9. The lowest BCUT2D eigenvalue weighted by atomic mass is 10.1.